The number of hydrogen-bond donors (Lipinski definition) is 1. The molecule has 0 bridgehead atoms. The first-order valence-electron chi connectivity index (χ1n) is 7.61. The van der Waals surface area contributed by atoms with Crippen molar-refractivity contribution < 1.29 is 4.79 Å². The highest BCUT2D eigenvalue weighted by Crippen LogP contribution is 2.14. The van der Waals surface area contributed by atoms with Crippen molar-refractivity contribution in [2.24, 2.45) is 0 Å². The highest BCUT2D eigenvalue weighted by Gasteiger charge is 2.15. The lowest BCUT2D eigenvalue weighted by atomic mass is 10.1. The van der Waals surface area contributed by atoms with Crippen molar-refractivity contribution in [3.05, 3.63) is 52.3 Å². The molecule has 0 saturated carbocycles. The number of hydrogen-bond acceptors (Lipinski definition) is 2. The summed E-state index contributed by atoms with van der Waals surface area (Å²) in [5, 5.41) is 8.15. The van der Waals surface area contributed by atoms with Gasteiger partial charge in [-0.2, -0.15) is 5.10 Å². The van der Waals surface area contributed by atoms with Gasteiger partial charge in [0.15, 0.2) is 0 Å². The Bertz CT molecular complexity index is 632. The third-order valence-electron chi connectivity index (χ3n) is 3.54. The van der Waals surface area contributed by atoms with Gasteiger partial charge in [0.25, 0.3) is 5.91 Å². The molecule has 2 rings (SSSR count). The van der Waals surface area contributed by atoms with E-state index in [1.54, 1.807) is 4.68 Å². The van der Waals surface area contributed by atoms with Crippen LogP contribution in [0.15, 0.2) is 30.3 Å². The maximum atomic E-state index is 12.3. The van der Waals surface area contributed by atoms with E-state index in [0.717, 1.165) is 22.7 Å². The second-order valence-electron chi connectivity index (χ2n) is 5.56. The van der Waals surface area contributed by atoms with Gasteiger partial charge in [-0.05, 0) is 43.0 Å². The Balaban J connectivity index is 1.95. The maximum Gasteiger partial charge on any atom is 0.269 e. The minimum absolute atomic E-state index is 0.0739. The first kappa shape index (κ1) is 16.6. The topological polar surface area (TPSA) is 46.9 Å². The summed E-state index contributed by atoms with van der Waals surface area (Å²) in [6, 6.07) is 9.55. The summed E-state index contributed by atoms with van der Waals surface area (Å²) in [6.45, 7) is 7.41. The molecule has 0 radical (unpaired) electrons. The fraction of sp³-hybridized carbons (Fsp3) is 0.412. The summed E-state index contributed by atoms with van der Waals surface area (Å²) < 4.78 is 1.76. The van der Waals surface area contributed by atoms with E-state index >= 15 is 0 Å². The van der Waals surface area contributed by atoms with Crippen LogP contribution in [0.3, 0.4) is 0 Å². The van der Waals surface area contributed by atoms with Crippen LogP contribution in [0.5, 0.6) is 0 Å². The number of rotatable bonds is 6. The van der Waals surface area contributed by atoms with Crippen LogP contribution < -0.4 is 5.32 Å². The second kappa shape index (κ2) is 7.45. The van der Waals surface area contributed by atoms with Crippen LogP contribution in [0.2, 0.25) is 5.02 Å². The smallest absolute Gasteiger partial charge is 0.269 e. The molecule has 0 atom stereocenters. The van der Waals surface area contributed by atoms with Gasteiger partial charge in [0.05, 0.1) is 5.69 Å². The molecule has 1 heterocycles. The molecule has 4 nitrogen and oxygen atoms in total. The number of aromatic nitrogens is 2. The number of nitrogens with zero attached hydrogens (tertiary/aromatic N) is 2. The molecule has 1 aromatic heterocycles. The average Bonchev–Trinajstić information content (AvgIpc) is 2.94. The third-order valence-corrected chi connectivity index (χ3v) is 3.79. The highest BCUT2D eigenvalue weighted by molar-refractivity contribution is 6.30. The number of halogens is 1. The summed E-state index contributed by atoms with van der Waals surface area (Å²) in [4.78, 5) is 12.3. The van der Waals surface area contributed by atoms with Gasteiger partial charge in [-0.1, -0.05) is 37.6 Å². The minimum atomic E-state index is -0.0739. The summed E-state index contributed by atoms with van der Waals surface area (Å²) >= 11 is 5.86. The van der Waals surface area contributed by atoms with E-state index < -0.39 is 0 Å². The minimum Gasteiger partial charge on any atom is -0.350 e. The second-order valence-corrected chi connectivity index (χ2v) is 5.99. The standard InChI is InChI=1S/C17H22ClN3O/c1-4-21-16(11-15(20-21)12(2)3)17(22)19-10-9-13-5-7-14(18)8-6-13/h5-8,11-12H,4,9-10H2,1-3H3,(H,19,22). The van der Waals surface area contributed by atoms with E-state index in [9.17, 15) is 4.79 Å². The van der Waals surface area contributed by atoms with Crippen LogP contribution in [-0.4, -0.2) is 22.2 Å². The quantitative estimate of drug-likeness (QED) is 0.883. The Hall–Kier alpha value is -1.81. The molecule has 1 amide bonds. The molecule has 0 aliphatic rings. The van der Waals surface area contributed by atoms with Gasteiger partial charge in [-0.3, -0.25) is 9.48 Å². The number of carbonyl (C=O) groups excluding carboxylic acids is 1. The first-order valence-corrected chi connectivity index (χ1v) is 7.99. The van der Waals surface area contributed by atoms with Crippen molar-refractivity contribution >= 4 is 17.5 Å². The normalized spacial score (nSPS) is 11.0. The largest absolute Gasteiger partial charge is 0.350 e. The molecule has 1 N–H and O–H groups in total. The molecule has 0 spiro atoms. The number of aryl methyl sites for hydroxylation is 1. The predicted molar refractivity (Wildman–Crippen MR) is 89.5 cm³/mol. The Labute approximate surface area is 136 Å². The van der Waals surface area contributed by atoms with Gasteiger partial charge in [-0.15, -0.1) is 0 Å². The SMILES string of the molecule is CCn1nc(C(C)C)cc1C(=O)NCCc1ccc(Cl)cc1. The lowest BCUT2D eigenvalue weighted by Crippen LogP contribution is -2.28. The number of carbonyl (C=O) groups is 1. The third kappa shape index (κ3) is 4.10. The zero-order valence-corrected chi connectivity index (χ0v) is 14.0. The number of benzene rings is 1. The number of amides is 1. The van der Waals surface area contributed by atoms with Gasteiger partial charge in [-0.25, -0.2) is 0 Å². The summed E-state index contributed by atoms with van der Waals surface area (Å²) in [5.74, 6) is 0.239. The summed E-state index contributed by atoms with van der Waals surface area (Å²) in [7, 11) is 0. The molecule has 0 aliphatic heterocycles. The lowest BCUT2D eigenvalue weighted by Gasteiger charge is -2.07. The Morgan fingerprint density at radius 1 is 1.32 bits per heavy atom. The highest BCUT2D eigenvalue weighted by atomic mass is 35.5. The van der Waals surface area contributed by atoms with E-state index in [2.05, 4.69) is 24.3 Å². The molecule has 1 aromatic carbocycles. The Morgan fingerprint density at radius 2 is 2.00 bits per heavy atom. The van der Waals surface area contributed by atoms with E-state index in [1.807, 2.05) is 37.3 Å². The molecule has 0 fully saturated rings. The molecule has 0 aliphatic carbocycles. The zero-order chi connectivity index (χ0) is 16.1. The zero-order valence-electron chi connectivity index (χ0n) is 13.3. The van der Waals surface area contributed by atoms with E-state index in [0.29, 0.717) is 24.7 Å². The van der Waals surface area contributed by atoms with Crippen LogP contribution in [-0.2, 0) is 13.0 Å². The van der Waals surface area contributed by atoms with Crippen molar-refractivity contribution in [2.75, 3.05) is 6.54 Å². The van der Waals surface area contributed by atoms with Gasteiger partial charge in [0, 0.05) is 18.1 Å². The fourth-order valence-electron chi connectivity index (χ4n) is 2.20. The Kier molecular flexibility index (Phi) is 5.61. The number of nitrogens with one attached hydrogen (secondary N) is 1. The summed E-state index contributed by atoms with van der Waals surface area (Å²) in [5.41, 5.74) is 2.73. The van der Waals surface area contributed by atoms with E-state index in [-0.39, 0.29) is 5.91 Å². The molecular weight excluding hydrogens is 298 g/mol. The van der Waals surface area contributed by atoms with Crippen molar-refractivity contribution in [3.8, 4) is 0 Å². The van der Waals surface area contributed by atoms with Crippen LogP contribution in [0.1, 0.15) is 48.4 Å². The van der Waals surface area contributed by atoms with Gasteiger partial charge in [0.1, 0.15) is 5.69 Å². The van der Waals surface area contributed by atoms with Gasteiger partial charge < -0.3 is 5.32 Å². The van der Waals surface area contributed by atoms with Crippen LogP contribution in [0.25, 0.3) is 0 Å². The molecule has 118 valence electrons. The van der Waals surface area contributed by atoms with Gasteiger partial charge in [0.2, 0.25) is 0 Å². The lowest BCUT2D eigenvalue weighted by molar-refractivity contribution is 0.0943. The molecule has 0 saturated heterocycles. The Morgan fingerprint density at radius 3 is 2.59 bits per heavy atom. The van der Waals surface area contributed by atoms with Crippen molar-refractivity contribution in [2.45, 2.75) is 39.7 Å². The van der Waals surface area contributed by atoms with Crippen molar-refractivity contribution in [3.63, 3.8) is 0 Å². The van der Waals surface area contributed by atoms with Crippen LogP contribution >= 0.6 is 11.6 Å². The average molecular weight is 320 g/mol. The van der Waals surface area contributed by atoms with Crippen molar-refractivity contribution in [1.29, 1.82) is 0 Å². The van der Waals surface area contributed by atoms with Crippen LogP contribution in [0.4, 0.5) is 0 Å². The molecule has 22 heavy (non-hydrogen) atoms. The molecule has 0 unspecified atom stereocenters. The van der Waals surface area contributed by atoms with Crippen LogP contribution in [0, 0.1) is 0 Å². The summed E-state index contributed by atoms with van der Waals surface area (Å²) in [6.07, 6.45) is 0.778. The van der Waals surface area contributed by atoms with Gasteiger partial charge >= 0.3 is 0 Å². The maximum absolute atomic E-state index is 12.3. The monoisotopic (exact) mass is 319 g/mol. The van der Waals surface area contributed by atoms with E-state index in [1.165, 1.54) is 0 Å². The molecular formula is C17H22ClN3O. The fourth-order valence-corrected chi connectivity index (χ4v) is 2.33. The molecule has 5 heteroatoms. The molecule has 2 aromatic rings. The first-order chi connectivity index (χ1) is 10.5. The van der Waals surface area contributed by atoms with Crippen molar-refractivity contribution in [1.82, 2.24) is 15.1 Å². The predicted octanol–water partition coefficient (Wildman–Crippen LogP) is 3.65. The van der Waals surface area contributed by atoms with E-state index in [4.69, 9.17) is 11.6 Å².